The van der Waals surface area contributed by atoms with Gasteiger partial charge in [-0.25, -0.2) is 0 Å². The van der Waals surface area contributed by atoms with Crippen molar-refractivity contribution in [1.82, 2.24) is 0 Å². The second-order valence-corrected chi connectivity index (χ2v) is 14.0. The Bertz CT molecular complexity index is 1350. The smallest absolute Gasteiger partial charge is 0.0387 e. The zero-order valence-electron chi connectivity index (χ0n) is 29.5. The summed E-state index contributed by atoms with van der Waals surface area (Å²) in [6.07, 6.45) is 24.2. The maximum Gasteiger partial charge on any atom is 0.0387 e. The molecule has 0 spiro atoms. The maximum absolute atomic E-state index is 3.73. The van der Waals surface area contributed by atoms with Crippen LogP contribution < -0.4 is 10.6 Å². The monoisotopic (exact) mass is 628 g/mol. The van der Waals surface area contributed by atoms with Crippen LogP contribution in [-0.2, 0) is 5.41 Å². The molecule has 0 fully saturated rings. The highest BCUT2D eigenvalue weighted by atomic mass is 14.9. The lowest BCUT2D eigenvalue weighted by Crippen LogP contribution is -2.26. The molecule has 1 aliphatic rings. The van der Waals surface area contributed by atoms with E-state index in [2.05, 4.69) is 122 Å². The van der Waals surface area contributed by atoms with Crippen molar-refractivity contribution in [3.8, 4) is 11.1 Å². The van der Waals surface area contributed by atoms with Crippen LogP contribution in [0, 0.1) is 0 Å². The highest BCUT2D eigenvalue weighted by Gasteiger charge is 2.42. The van der Waals surface area contributed by atoms with Gasteiger partial charge in [-0.2, -0.15) is 0 Å². The second-order valence-electron chi connectivity index (χ2n) is 14.0. The molecule has 0 heterocycles. The van der Waals surface area contributed by atoms with Crippen LogP contribution in [0.2, 0.25) is 0 Å². The summed E-state index contributed by atoms with van der Waals surface area (Å²) in [5.74, 6) is 0. The fraction of sp³-hybridized carbons (Fsp3) is 0.467. The third-order valence-corrected chi connectivity index (χ3v) is 10.4. The van der Waals surface area contributed by atoms with Gasteiger partial charge in [0.25, 0.3) is 0 Å². The van der Waals surface area contributed by atoms with Gasteiger partial charge in [0.05, 0.1) is 0 Å². The van der Waals surface area contributed by atoms with Gasteiger partial charge in [0.15, 0.2) is 0 Å². The van der Waals surface area contributed by atoms with Crippen molar-refractivity contribution in [1.29, 1.82) is 0 Å². The molecule has 0 saturated heterocycles. The summed E-state index contributed by atoms with van der Waals surface area (Å²) in [6, 6.07) is 35.7. The molecule has 0 aliphatic heterocycles. The van der Waals surface area contributed by atoms with Gasteiger partial charge < -0.3 is 10.6 Å². The van der Waals surface area contributed by atoms with E-state index in [9.17, 15) is 0 Å². The number of hydrogen-bond donors (Lipinski definition) is 2. The van der Waals surface area contributed by atoms with Crippen LogP contribution in [0.4, 0.5) is 22.7 Å². The molecule has 4 aromatic carbocycles. The summed E-state index contributed by atoms with van der Waals surface area (Å²) in [7, 11) is 0. The third kappa shape index (κ3) is 9.75. The van der Waals surface area contributed by atoms with Crippen LogP contribution in [-0.4, -0.2) is 0 Å². The maximum atomic E-state index is 3.73. The first-order valence-corrected chi connectivity index (χ1v) is 19.2. The molecule has 0 radical (unpaired) electrons. The fourth-order valence-corrected chi connectivity index (χ4v) is 7.81. The number of hydrogen-bond acceptors (Lipinski definition) is 2. The summed E-state index contributed by atoms with van der Waals surface area (Å²) in [6.45, 7) is 4.62. The second kappa shape index (κ2) is 18.7. The van der Waals surface area contributed by atoms with Crippen LogP contribution in [0.3, 0.4) is 0 Å². The van der Waals surface area contributed by atoms with Gasteiger partial charge in [-0.1, -0.05) is 165 Å². The van der Waals surface area contributed by atoms with Crippen molar-refractivity contribution >= 4 is 22.7 Å². The lowest BCUT2D eigenvalue weighted by Gasteiger charge is -2.33. The number of para-hydroxylation sites is 2. The molecule has 4 aromatic rings. The molecule has 0 unspecified atom stereocenters. The molecule has 0 saturated carbocycles. The predicted octanol–water partition coefficient (Wildman–Crippen LogP) is 14.5. The topological polar surface area (TPSA) is 24.1 Å². The molecule has 0 atom stereocenters. The molecule has 2 heteroatoms. The molecule has 2 N–H and O–H groups in total. The summed E-state index contributed by atoms with van der Waals surface area (Å²) >= 11 is 0. The normalized spacial score (nSPS) is 12.9. The van der Waals surface area contributed by atoms with Crippen molar-refractivity contribution in [2.45, 2.75) is 135 Å². The van der Waals surface area contributed by atoms with Gasteiger partial charge in [-0.3, -0.25) is 0 Å². The van der Waals surface area contributed by atoms with E-state index in [4.69, 9.17) is 0 Å². The number of unbranched alkanes of at least 4 members (excludes halogenated alkanes) is 14. The molecule has 0 aromatic heterocycles. The lowest BCUT2D eigenvalue weighted by molar-refractivity contribution is 0.397. The zero-order valence-corrected chi connectivity index (χ0v) is 29.5. The molecule has 0 amide bonds. The molecule has 1 aliphatic carbocycles. The van der Waals surface area contributed by atoms with Gasteiger partial charge in [0.2, 0.25) is 0 Å². The van der Waals surface area contributed by atoms with Crippen LogP contribution in [0.15, 0.2) is 97.1 Å². The van der Waals surface area contributed by atoms with Crippen LogP contribution in [0.25, 0.3) is 11.1 Å². The highest BCUT2D eigenvalue weighted by molar-refractivity contribution is 5.85. The Morgan fingerprint density at radius 1 is 0.383 bits per heavy atom. The van der Waals surface area contributed by atoms with E-state index in [0.717, 1.165) is 11.4 Å². The fourth-order valence-electron chi connectivity index (χ4n) is 7.81. The van der Waals surface area contributed by atoms with Gasteiger partial charge in [0, 0.05) is 28.2 Å². The zero-order chi connectivity index (χ0) is 32.6. The molecule has 47 heavy (non-hydrogen) atoms. The van der Waals surface area contributed by atoms with Crippen LogP contribution in [0.5, 0.6) is 0 Å². The van der Waals surface area contributed by atoms with Gasteiger partial charge in [-0.15, -0.1) is 0 Å². The molecular weight excluding hydrogens is 569 g/mol. The molecule has 250 valence electrons. The van der Waals surface area contributed by atoms with Crippen LogP contribution >= 0.6 is 0 Å². The standard InChI is InChI=1S/C45H60N2/c1-3-5-7-9-11-13-15-23-33-45(34-24-16-14-12-10-8-6-4-2)43-35-39(46-37-25-19-17-20-26-37)29-31-41(43)42-32-30-40(36-44(42)45)47-38-27-21-18-22-28-38/h17-22,25-32,35-36,46-47H,3-16,23-24,33-34H2,1-2H3. The van der Waals surface area contributed by atoms with Crippen molar-refractivity contribution in [2.75, 3.05) is 10.6 Å². The van der Waals surface area contributed by atoms with Crippen LogP contribution in [0.1, 0.15) is 141 Å². The first kappa shape index (κ1) is 34.8. The minimum atomic E-state index is 0.0395. The van der Waals surface area contributed by atoms with E-state index in [1.54, 1.807) is 0 Å². The Kier molecular flexibility index (Phi) is 13.9. The largest absolute Gasteiger partial charge is 0.356 e. The summed E-state index contributed by atoms with van der Waals surface area (Å²) in [5, 5.41) is 7.46. The third-order valence-electron chi connectivity index (χ3n) is 10.4. The number of fused-ring (bicyclic) bond motifs is 3. The van der Waals surface area contributed by atoms with Gasteiger partial charge in [-0.05, 0) is 83.6 Å². The van der Waals surface area contributed by atoms with Crippen molar-refractivity contribution in [2.24, 2.45) is 0 Å². The minimum Gasteiger partial charge on any atom is -0.356 e. The molecule has 0 bridgehead atoms. The molecule has 2 nitrogen and oxygen atoms in total. The average molecular weight is 629 g/mol. The van der Waals surface area contributed by atoms with Crippen molar-refractivity contribution in [3.63, 3.8) is 0 Å². The van der Waals surface area contributed by atoms with Crippen molar-refractivity contribution in [3.05, 3.63) is 108 Å². The Balaban J connectivity index is 1.43. The van der Waals surface area contributed by atoms with Gasteiger partial charge in [0.1, 0.15) is 0 Å². The van der Waals surface area contributed by atoms with Gasteiger partial charge >= 0.3 is 0 Å². The van der Waals surface area contributed by atoms with E-state index in [-0.39, 0.29) is 5.41 Å². The highest BCUT2D eigenvalue weighted by Crippen LogP contribution is 2.55. The Morgan fingerprint density at radius 2 is 0.745 bits per heavy atom. The first-order valence-electron chi connectivity index (χ1n) is 19.2. The Hall–Kier alpha value is -3.52. The Morgan fingerprint density at radius 3 is 1.13 bits per heavy atom. The van der Waals surface area contributed by atoms with E-state index in [1.807, 2.05) is 0 Å². The number of anilines is 4. The SMILES string of the molecule is CCCCCCCCCCC1(CCCCCCCCCC)c2cc(Nc3ccccc3)ccc2-c2ccc(Nc3ccccc3)cc21. The lowest BCUT2D eigenvalue weighted by atomic mass is 9.70. The van der Waals surface area contributed by atoms with Crippen molar-refractivity contribution < 1.29 is 0 Å². The number of rotatable bonds is 22. The van der Waals surface area contributed by atoms with E-state index < -0.39 is 0 Å². The van der Waals surface area contributed by atoms with E-state index in [1.165, 1.54) is 149 Å². The molecular formula is C45H60N2. The summed E-state index contributed by atoms with van der Waals surface area (Å²) in [4.78, 5) is 0. The summed E-state index contributed by atoms with van der Waals surface area (Å²) < 4.78 is 0. The predicted molar refractivity (Wildman–Crippen MR) is 207 cm³/mol. The summed E-state index contributed by atoms with van der Waals surface area (Å²) in [5.41, 5.74) is 10.7. The Labute approximate surface area is 286 Å². The first-order chi connectivity index (χ1) is 23.2. The minimum absolute atomic E-state index is 0.0395. The van der Waals surface area contributed by atoms with E-state index in [0.29, 0.717) is 0 Å². The number of benzene rings is 4. The number of nitrogens with one attached hydrogen (secondary N) is 2. The average Bonchev–Trinajstić information content (AvgIpc) is 3.36. The molecule has 5 rings (SSSR count). The quantitative estimate of drug-likeness (QED) is 0.0846. The van der Waals surface area contributed by atoms with E-state index >= 15 is 0 Å².